The minimum Gasteiger partial charge on any atom is -0.398 e. The third-order valence-corrected chi connectivity index (χ3v) is 4.10. The number of nitrogens with two attached hydrogens (primary N) is 1. The van der Waals surface area contributed by atoms with Gasteiger partial charge in [0.25, 0.3) is 0 Å². The zero-order valence-corrected chi connectivity index (χ0v) is 11.0. The maximum atomic E-state index is 11.8. The Kier molecular flexibility index (Phi) is 4.52. The van der Waals surface area contributed by atoms with E-state index < -0.39 is 10.0 Å². The Labute approximate surface area is 104 Å². The molecule has 0 heterocycles. The van der Waals surface area contributed by atoms with Crippen molar-refractivity contribution in [3.63, 3.8) is 0 Å². The molecule has 0 aliphatic heterocycles. The van der Waals surface area contributed by atoms with Gasteiger partial charge in [-0.2, -0.15) is 0 Å². The van der Waals surface area contributed by atoms with Crippen LogP contribution in [0.15, 0.2) is 40.2 Å². The minimum absolute atomic E-state index is 0.164. The molecule has 0 saturated carbocycles. The van der Waals surface area contributed by atoms with Crippen LogP contribution >= 0.6 is 15.9 Å². The molecular formula is C10H13BrN2O2S. The molecule has 3 N–H and O–H groups in total. The summed E-state index contributed by atoms with van der Waals surface area (Å²) in [5.41, 5.74) is 6.01. The molecule has 0 amide bonds. The van der Waals surface area contributed by atoms with Crippen molar-refractivity contribution < 1.29 is 8.42 Å². The van der Waals surface area contributed by atoms with E-state index in [1.807, 2.05) is 0 Å². The molecule has 6 heteroatoms. The molecule has 4 nitrogen and oxygen atoms in total. The van der Waals surface area contributed by atoms with Crippen LogP contribution in [-0.2, 0) is 10.0 Å². The molecule has 1 rings (SSSR count). The van der Waals surface area contributed by atoms with E-state index in [-0.39, 0.29) is 4.90 Å². The summed E-state index contributed by atoms with van der Waals surface area (Å²) < 4.78 is 26.6. The molecule has 0 aliphatic rings. The lowest BCUT2D eigenvalue weighted by Gasteiger charge is -2.07. The van der Waals surface area contributed by atoms with Crippen LogP contribution in [0.3, 0.4) is 0 Å². The van der Waals surface area contributed by atoms with Gasteiger partial charge < -0.3 is 5.73 Å². The highest BCUT2D eigenvalue weighted by Gasteiger charge is 2.13. The number of halogens is 1. The van der Waals surface area contributed by atoms with E-state index in [0.29, 0.717) is 23.1 Å². The zero-order valence-electron chi connectivity index (χ0n) is 8.61. The lowest BCUT2D eigenvalue weighted by Crippen LogP contribution is -2.24. The first kappa shape index (κ1) is 13.2. The van der Waals surface area contributed by atoms with Gasteiger partial charge in [0.15, 0.2) is 0 Å². The van der Waals surface area contributed by atoms with E-state index >= 15 is 0 Å². The summed E-state index contributed by atoms with van der Waals surface area (Å²) in [6.07, 6.45) is 2.24. The number of rotatable bonds is 5. The van der Waals surface area contributed by atoms with Gasteiger partial charge in [0.05, 0.1) is 4.90 Å². The van der Waals surface area contributed by atoms with Crippen molar-refractivity contribution in [1.82, 2.24) is 4.72 Å². The summed E-state index contributed by atoms with van der Waals surface area (Å²) in [6.45, 7) is 3.85. The van der Waals surface area contributed by atoms with Crippen molar-refractivity contribution in [2.75, 3.05) is 12.3 Å². The second kappa shape index (κ2) is 5.47. The monoisotopic (exact) mass is 304 g/mol. The molecule has 16 heavy (non-hydrogen) atoms. The summed E-state index contributed by atoms with van der Waals surface area (Å²) in [7, 11) is -3.47. The average molecular weight is 305 g/mol. The molecule has 0 aromatic heterocycles. The predicted molar refractivity (Wildman–Crippen MR) is 68.6 cm³/mol. The van der Waals surface area contributed by atoms with Gasteiger partial charge in [-0.1, -0.05) is 6.08 Å². The van der Waals surface area contributed by atoms with Crippen molar-refractivity contribution in [2.45, 2.75) is 11.3 Å². The zero-order chi connectivity index (χ0) is 12.2. The Morgan fingerprint density at radius 2 is 2.19 bits per heavy atom. The third kappa shape index (κ3) is 3.33. The molecule has 0 unspecified atom stereocenters. The fraction of sp³-hybridized carbons (Fsp3) is 0.200. The van der Waals surface area contributed by atoms with Crippen molar-refractivity contribution in [3.8, 4) is 0 Å². The van der Waals surface area contributed by atoms with Crippen LogP contribution in [0.25, 0.3) is 0 Å². The molecule has 0 spiro atoms. The highest BCUT2D eigenvalue weighted by atomic mass is 79.9. The van der Waals surface area contributed by atoms with Crippen LogP contribution in [0, 0.1) is 0 Å². The number of nitrogen functional groups attached to an aromatic ring is 1. The third-order valence-electron chi connectivity index (χ3n) is 1.92. The number of benzene rings is 1. The Bertz CT molecular complexity index is 486. The van der Waals surface area contributed by atoms with Crippen molar-refractivity contribution >= 4 is 31.6 Å². The van der Waals surface area contributed by atoms with Gasteiger partial charge >= 0.3 is 0 Å². The Morgan fingerprint density at radius 1 is 1.50 bits per heavy atom. The first-order valence-corrected chi connectivity index (χ1v) is 6.90. The quantitative estimate of drug-likeness (QED) is 0.496. The summed E-state index contributed by atoms with van der Waals surface area (Å²) >= 11 is 3.21. The van der Waals surface area contributed by atoms with Gasteiger partial charge in [0, 0.05) is 16.7 Å². The van der Waals surface area contributed by atoms with E-state index in [9.17, 15) is 8.42 Å². The van der Waals surface area contributed by atoms with Crippen molar-refractivity contribution in [2.24, 2.45) is 0 Å². The largest absolute Gasteiger partial charge is 0.398 e. The topological polar surface area (TPSA) is 72.2 Å². The smallest absolute Gasteiger partial charge is 0.240 e. The van der Waals surface area contributed by atoms with Crippen LogP contribution in [0.1, 0.15) is 6.42 Å². The maximum absolute atomic E-state index is 11.8. The highest BCUT2D eigenvalue weighted by molar-refractivity contribution is 9.10. The Balaban J connectivity index is 2.90. The number of nitrogens with one attached hydrogen (secondary N) is 1. The molecular weight excluding hydrogens is 292 g/mol. The van der Waals surface area contributed by atoms with Crippen LogP contribution in [0.5, 0.6) is 0 Å². The van der Waals surface area contributed by atoms with Crippen molar-refractivity contribution in [3.05, 3.63) is 35.3 Å². The van der Waals surface area contributed by atoms with E-state index in [1.165, 1.54) is 12.1 Å². The Morgan fingerprint density at radius 3 is 2.75 bits per heavy atom. The van der Waals surface area contributed by atoms with Crippen LogP contribution in [0.2, 0.25) is 0 Å². The van der Waals surface area contributed by atoms with E-state index in [2.05, 4.69) is 27.2 Å². The number of anilines is 1. The second-order valence-electron chi connectivity index (χ2n) is 3.16. The minimum atomic E-state index is -3.47. The molecule has 1 aromatic carbocycles. The molecule has 0 fully saturated rings. The van der Waals surface area contributed by atoms with Crippen LogP contribution in [0.4, 0.5) is 5.69 Å². The molecule has 0 bridgehead atoms. The van der Waals surface area contributed by atoms with Gasteiger partial charge in [-0.15, -0.1) is 6.58 Å². The average Bonchev–Trinajstić information content (AvgIpc) is 2.22. The number of hydrogen-bond acceptors (Lipinski definition) is 3. The normalized spacial score (nSPS) is 11.3. The standard InChI is InChI=1S/C10H13BrN2O2S/c1-2-3-6-13-16(14,15)8-4-5-9(11)10(12)7-8/h2,4-5,7,13H,1,3,6,12H2. The summed E-state index contributed by atoms with van der Waals surface area (Å²) in [4.78, 5) is 0.164. The van der Waals surface area contributed by atoms with E-state index in [1.54, 1.807) is 12.1 Å². The first-order chi connectivity index (χ1) is 7.47. The molecule has 0 saturated heterocycles. The maximum Gasteiger partial charge on any atom is 0.240 e. The summed E-state index contributed by atoms with van der Waals surface area (Å²) in [6, 6.07) is 4.52. The van der Waals surface area contributed by atoms with Crippen LogP contribution in [-0.4, -0.2) is 15.0 Å². The van der Waals surface area contributed by atoms with E-state index in [4.69, 9.17) is 5.73 Å². The van der Waals surface area contributed by atoms with Gasteiger partial charge in [0.2, 0.25) is 10.0 Å². The Hall–Kier alpha value is -0.850. The van der Waals surface area contributed by atoms with E-state index in [0.717, 1.165) is 0 Å². The highest BCUT2D eigenvalue weighted by Crippen LogP contribution is 2.22. The lowest BCUT2D eigenvalue weighted by molar-refractivity contribution is 0.582. The van der Waals surface area contributed by atoms with Gasteiger partial charge in [-0.25, -0.2) is 13.1 Å². The SMILES string of the molecule is C=CCCNS(=O)(=O)c1ccc(Br)c(N)c1. The van der Waals surface area contributed by atoms with Crippen LogP contribution < -0.4 is 10.5 Å². The summed E-state index contributed by atoms with van der Waals surface area (Å²) in [5.74, 6) is 0. The number of hydrogen-bond donors (Lipinski definition) is 2. The molecule has 0 atom stereocenters. The second-order valence-corrected chi connectivity index (χ2v) is 5.78. The predicted octanol–water partition coefficient (Wildman–Crippen LogP) is 1.89. The summed E-state index contributed by atoms with van der Waals surface area (Å²) in [5, 5.41) is 0. The lowest BCUT2D eigenvalue weighted by atomic mass is 10.3. The number of sulfonamides is 1. The molecule has 0 radical (unpaired) electrons. The fourth-order valence-electron chi connectivity index (χ4n) is 1.07. The van der Waals surface area contributed by atoms with Gasteiger partial charge in [-0.3, -0.25) is 0 Å². The molecule has 0 aliphatic carbocycles. The fourth-order valence-corrected chi connectivity index (χ4v) is 2.40. The van der Waals surface area contributed by atoms with Gasteiger partial charge in [0.1, 0.15) is 0 Å². The molecule has 1 aromatic rings. The molecule has 88 valence electrons. The van der Waals surface area contributed by atoms with Gasteiger partial charge in [-0.05, 0) is 40.5 Å². The van der Waals surface area contributed by atoms with Crippen molar-refractivity contribution in [1.29, 1.82) is 0 Å². The first-order valence-electron chi connectivity index (χ1n) is 4.63.